The predicted octanol–water partition coefficient (Wildman–Crippen LogP) is 21.7. The minimum atomic E-state index is -4.92. The SMILES string of the molecule is CC/C=C\C/C=C\C/C=C\C/C=C\C/C=C\CCCCCCCCCCCCCCCC(=O)OCC(O)COP(=O)(O)OCC(O)COP(=O)(O)OCC(COC(=O)CCCCCCC/C=C\C/C=C\CCCCC)OC(=O)CCCCCCCCCCCCCCCCC. The fraction of sp³-hybridized carbons (Fsp3) is 0.779. The monoisotopic (exact) mass is 1380 g/mol. The van der Waals surface area contributed by atoms with Gasteiger partial charge in [0.15, 0.2) is 6.10 Å². The minimum Gasteiger partial charge on any atom is -0.463 e. The number of hydrogen-bond donors (Lipinski definition) is 4. The van der Waals surface area contributed by atoms with Crippen molar-refractivity contribution in [1.29, 1.82) is 0 Å². The summed E-state index contributed by atoms with van der Waals surface area (Å²) >= 11 is 0. The van der Waals surface area contributed by atoms with Crippen LogP contribution < -0.4 is 0 Å². The number of carbonyl (C=O) groups is 3. The van der Waals surface area contributed by atoms with Gasteiger partial charge in [0.25, 0.3) is 0 Å². The Morgan fingerprint density at radius 2 is 0.558 bits per heavy atom. The van der Waals surface area contributed by atoms with Crippen LogP contribution in [0.25, 0.3) is 0 Å². The Morgan fingerprint density at radius 3 is 0.905 bits per heavy atom. The summed E-state index contributed by atoms with van der Waals surface area (Å²) in [6.07, 6.45) is 77.8. The van der Waals surface area contributed by atoms with E-state index in [1.165, 1.54) is 141 Å². The molecule has 4 N–H and O–H groups in total. The van der Waals surface area contributed by atoms with Crippen molar-refractivity contribution in [2.45, 2.75) is 347 Å². The van der Waals surface area contributed by atoms with E-state index in [-0.39, 0.29) is 19.3 Å². The second kappa shape index (κ2) is 70.6. The van der Waals surface area contributed by atoms with Crippen molar-refractivity contribution >= 4 is 33.6 Å². The number of aliphatic hydroxyl groups is 2. The first kappa shape index (κ1) is 91.7. The van der Waals surface area contributed by atoms with E-state index in [2.05, 4.69) is 106 Å². The molecule has 16 nitrogen and oxygen atoms in total. The van der Waals surface area contributed by atoms with Crippen LogP contribution in [0.4, 0.5) is 0 Å². The zero-order chi connectivity index (χ0) is 69.5. The third-order valence-electron chi connectivity index (χ3n) is 16.1. The van der Waals surface area contributed by atoms with Crippen molar-refractivity contribution in [3.05, 3.63) is 85.1 Å². The lowest BCUT2D eigenvalue weighted by molar-refractivity contribution is -0.161. The molecule has 5 atom stereocenters. The summed E-state index contributed by atoms with van der Waals surface area (Å²) in [6.45, 7) is 2.56. The fourth-order valence-corrected chi connectivity index (χ4v) is 11.9. The van der Waals surface area contributed by atoms with Crippen molar-refractivity contribution in [1.82, 2.24) is 0 Å². The summed E-state index contributed by atoms with van der Waals surface area (Å²) in [6, 6.07) is 0. The topological polar surface area (TPSA) is 231 Å². The smallest absolute Gasteiger partial charge is 0.463 e. The third-order valence-corrected chi connectivity index (χ3v) is 18.0. The molecule has 0 aliphatic rings. The van der Waals surface area contributed by atoms with Crippen molar-refractivity contribution in [3.8, 4) is 0 Å². The van der Waals surface area contributed by atoms with Gasteiger partial charge in [0.05, 0.1) is 26.4 Å². The summed E-state index contributed by atoms with van der Waals surface area (Å²) in [5.74, 6) is -1.58. The van der Waals surface area contributed by atoms with E-state index in [0.717, 1.165) is 128 Å². The lowest BCUT2D eigenvalue weighted by Gasteiger charge is -2.21. The molecule has 0 bridgehead atoms. The van der Waals surface area contributed by atoms with Gasteiger partial charge in [-0.05, 0) is 96.3 Å². The minimum absolute atomic E-state index is 0.107. The van der Waals surface area contributed by atoms with Gasteiger partial charge in [-0.15, -0.1) is 0 Å². The van der Waals surface area contributed by atoms with Gasteiger partial charge in [-0.1, -0.05) is 298 Å². The van der Waals surface area contributed by atoms with Crippen LogP contribution in [-0.4, -0.2) is 95.9 Å². The van der Waals surface area contributed by atoms with Gasteiger partial charge in [-0.25, -0.2) is 9.13 Å². The number of allylic oxidation sites excluding steroid dienone is 14. The zero-order valence-corrected chi connectivity index (χ0v) is 61.9. The normalized spacial score (nSPS) is 14.6. The summed E-state index contributed by atoms with van der Waals surface area (Å²) in [5, 5.41) is 20.6. The van der Waals surface area contributed by atoms with Crippen LogP contribution in [0, 0.1) is 0 Å². The Bertz CT molecular complexity index is 2070. The Balaban J connectivity index is 4.46. The number of hydrogen-bond acceptors (Lipinski definition) is 14. The maximum Gasteiger partial charge on any atom is 0.472 e. The van der Waals surface area contributed by atoms with E-state index in [9.17, 15) is 43.5 Å². The van der Waals surface area contributed by atoms with E-state index in [1.54, 1.807) is 0 Å². The van der Waals surface area contributed by atoms with Crippen LogP contribution in [0.2, 0.25) is 0 Å². The molecule has 0 rings (SSSR count). The number of phosphoric acid groups is 2. The summed E-state index contributed by atoms with van der Waals surface area (Å²) in [4.78, 5) is 58.5. The molecule has 0 aliphatic heterocycles. The van der Waals surface area contributed by atoms with Crippen molar-refractivity contribution < 1.29 is 75.8 Å². The fourth-order valence-electron chi connectivity index (χ4n) is 10.3. The van der Waals surface area contributed by atoms with Crippen molar-refractivity contribution in [2.24, 2.45) is 0 Å². The highest BCUT2D eigenvalue weighted by Crippen LogP contribution is 2.45. The molecular weight excluding hydrogens is 1240 g/mol. The lowest BCUT2D eigenvalue weighted by atomic mass is 10.0. The molecular formula is C77H138O16P2. The lowest BCUT2D eigenvalue weighted by Crippen LogP contribution is -2.30. The number of esters is 3. The molecule has 0 saturated heterocycles. The molecule has 0 aromatic carbocycles. The van der Waals surface area contributed by atoms with Crippen LogP contribution in [-0.2, 0) is 55.8 Å². The number of carbonyl (C=O) groups excluding carboxylic acids is 3. The van der Waals surface area contributed by atoms with Crippen LogP contribution in [0.5, 0.6) is 0 Å². The van der Waals surface area contributed by atoms with E-state index in [4.69, 9.17) is 32.3 Å². The van der Waals surface area contributed by atoms with Crippen molar-refractivity contribution in [2.75, 3.05) is 39.6 Å². The average molecular weight is 1380 g/mol. The van der Waals surface area contributed by atoms with E-state index < -0.39 is 91.5 Å². The first-order valence-electron chi connectivity index (χ1n) is 37.9. The van der Waals surface area contributed by atoms with Gasteiger partial charge in [-0.3, -0.25) is 32.5 Å². The molecule has 0 spiro atoms. The molecule has 0 aromatic heterocycles. The van der Waals surface area contributed by atoms with Gasteiger partial charge in [0.2, 0.25) is 0 Å². The molecule has 5 unspecified atom stereocenters. The zero-order valence-electron chi connectivity index (χ0n) is 60.1. The van der Waals surface area contributed by atoms with Gasteiger partial charge in [0.1, 0.15) is 25.4 Å². The maximum atomic E-state index is 12.9. The van der Waals surface area contributed by atoms with Crippen molar-refractivity contribution in [3.63, 3.8) is 0 Å². The Morgan fingerprint density at radius 1 is 0.305 bits per heavy atom. The molecule has 95 heavy (non-hydrogen) atoms. The second-order valence-electron chi connectivity index (χ2n) is 25.4. The number of ether oxygens (including phenoxy) is 3. The van der Waals surface area contributed by atoms with Gasteiger partial charge in [-0.2, -0.15) is 0 Å². The highest BCUT2D eigenvalue weighted by Gasteiger charge is 2.29. The van der Waals surface area contributed by atoms with Crippen LogP contribution in [0.3, 0.4) is 0 Å². The highest BCUT2D eigenvalue weighted by atomic mass is 31.2. The van der Waals surface area contributed by atoms with Crippen LogP contribution in [0.1, 0.15) is 329 Å². The third kappa shape index (κ3) is 71.8. The molecule has 0 aromatic rings. The maximum absolute atomic E-state index is 12.9. The largest absolute Gasteiger partial charge is 0.472 e. The van der Waals surface area contributed by atoms with E-state index in [0.29, 0.717) is 19.3 Å². The first-order chi connectivity index (χ1) is 46.2. The summed E-state index contributed by atoms with van der Waals surface area (Å²) in [7, 11) is -9.77. The van der Waals surface area contributed by atoms with Gasteiger partial charge >= 0.3 is 33.6 Å². The molecule has 0 heterocycles. The Hall–Kier alpha value is -3.27. The predicted molar refractivity (Wildman–Crippen MR) is 390 cm³/mol. The molecule has 552 valence electrons. The first-order valence-corrected chi connectivity index (χ1v) is 40.9. The average Bonchev–Trinajstić information content (AvgIpc) is 1.83. The van der Waals surface area contributed by atoms with Gasteiger partial charge < -0.3 is 34.2 Å². The quantitative estimate of drug-likeness (QED) is 0.0146. The standard InChI is InChI=1S/C77H138O16P2/c1-4-7-10-13-16-19-22-25-28-29-30-31-32-33-34-35-36-37-38-39-40-41-44-46-48-51-54-57-60-63-75(80)87-66-72(78)67-89-94(83,84)90-68-73(79)69-91-95(85,86)92-71-74(93-77(82)65-62-59-56-53-50-47-43-27-24-21-18-15-12-9-6-3)70-88-76(81)64-61-58-55-52-49-45-42-26-23-20-17-14-11-8-5-2/h7,10,16-17,19-20,25-26,28,30-31,33-34,42,72-74,78-79H,4-6,8-9,11-15,18,21-24,27,29,32,35-41,43-71H2,1-3H3,(H,83,84)(H,85,86)/b10-7-,19-16-,20-17-,28-25-,31-30-,34-33-,42-26-. The second-order valence-corrected chi connectivity index (χ2v) is 28.3. The summed E-state index contributed by atoms with van der Waals surface area (Å²) in [5.41, 5.74) is 0. The summed E-state index contributed by atoms with van der Waals surface area (Å²) < 4.78 is 61.0. The number of rotatable bonds is 72. The van der Waals surface area contributed by atoms with Crippen LogP contribution >= 0.6 is 15.6 Å². The molecule has 0 saturated carbocycles. The molecule has 0 aliphatic carbocycles. The molecule has 0 fully saturated rings. The Kier molecular flexibility index (Phi) is 68.2. The number of phosphoric ester groups is 2. The number of unbranched alkanes of at least 4 members (excludes halogenated alkanes) is 35. The van der Waals surface area contributed by atoms with Gasteiger partial charge in [0, 0.05) is 19.3 Å². The molecule has 0 radical (unpaired) electrons. The van der Waals surface area contributed by atoms with E-state index in [1.807, 2.05) is 0 Å². The Labute approximate surface area is 578 Å². The molecule has 0 amide bonds. The number of aliphatic hydroxyl groups excluding tert-OH is 2. The highest BCUT2D eigenvalue weighted by molar-refractivity contribution is 7.47. The van der Waals surface area contributed by atoms with E-state index >= 15 is 0 Å². The van der Waals surface area contributed by atoms with Crippen LogP contribution in [0.15, 0.2) is 85.1 Å². The molecule has 18 heteroatoms.